The normalized spacial score (nSPS) is 17.2. The Morgan fingerprint density at radius 2 is 2.06 bits per heavy atom. The van der Waals surface area contributed by atoms with Gasteiger partial charge in [-0.25, -0.2) is 0 Å². The van der Waals surface area contributed by atoms with Gasteiger partial charge in [0, 0.05) is 17.5 Å². The maximum Gasteiger partial charge on any atom is 0.289 e. The average molecular weight is 457 g/mol. The van der Waals surface area contributed by atoms with E-state index in [2.05, 4.69) is 10.1 Å². The highest BCUT2D eigenvalue weighted by atomic mass is 35.5. The van der Waals surface area contributed by atoms with Gasteiger partial charge in [0.15, 0.2) is 5.84 Å². The SMILES string of the molecule is CCC1=NN2C(=N)/C(=C/c3cc(C)n(-c4ccc(Cl)c([N+](=O)[O-])c4)c3C)C(=O)N=C2S1. The van der Waals surface area contributed by atoms with Crippen molar-refractivity contribution in [2.24, 2.45) is 10.1 Å². The summed E-state index contributed by atoms with van der Waals surface area (Å²) in [4.78, 5) is 27.4. The van der Waals surface area contributed by atoms with E-state index in [0.717, 1.165) is 16.4 Å². The van der Waals surface area contributed by atoms with Gasteiger partial charge in [-0.3, -0.25) is 20.3 Å². The Kier molecular flexibility index (Phi) is 5.28. The molecule has 0 fully saturated rings. The molecule has 2 aliphatic heterocycles. The van der Waals surface area contributed by atoms with Gasteiger partial charge in [-0.2, -0.15) is 15.1 Å². The van der Waals surface area contributed by atoms with Gasteiger partial charge in [0.25, 0.3) is 11.6 Å². The lowest BCUT2D eigenvalue weighted by Gasteiger charge is -2.20. The first-order chi connectivity index (χ1) is 14.7. The molecule has 0 spiro atoms. The maximum atomic E-state index is 12.6. The van der Waals surface area contributed by atoms with Crippen molar-refractivity contribution in [3.8, 4) is 5.69 Å². The quantitative estimate of drug-likeness (QED) is 0.407. The number of hydrazone groups is 1. The summed E-state index contributed by atoms with van der Waals surface area (Å²) in [6.07, 6.45) is 2.30. The highest BCUT2D eigenvalue weighted by molar-refractivity contribution is 8.26. The number of thioether (sulfide) groups is 1. The Hall–Kier alpha value is -3.24. The van der Waals surface area contributed by atoms with Crippen LogP contribution in [0, 0.1) is 29.4 Å². The van der Waals surface area contributed by atoms with E-state index in [-0.39, 0.29) is 22.1 Å². The van der Waals surface area contributed by atoms with Crippen molar-refractivity contribution in [3.63, 3.8) is 0 Å². The summed E-state index contributed by atoms with van der Waals surface area (Å²) in [5, 5.41) is 26.7. The van der Waals surface area contributed by atoms with Gasteiger partial charge in [0.05, 0.1) is 16.2 Å². The van der Waals surface area contributed by atoms with E-state index in [1.54, 1.807) is 12.1 Å². The van der Waals surface area contributed by atoms with Gasteiger partial charge >= 0.3 is 0 Å². The number of fused-ring (bicyclic) bond motifs is 1. The standard InChI is InChI=1S/C20H17ClN6O3S/c1-4-17-24-26-18(22)14(19(28)23-20(26)31-17)8-12-7-10(2)25(11(12)3)13-5-6-15(21)16(9-13)27(29)30/h5-9,22H,4H2,1-3H3/b14-8-,22-18?. The zero-order valence-electron chi connectivity index (χ0n) is 16.8. The first kappa shape index (κ1) is 21.0. The molecule has 1 amide bonds. The summed E-state index contributed by atoms with van der Waals surface area (Å²) in [7, 11) is 0. The monoisotopic (exact) mass is 456 g/mol. The topological polar surface area (TPSA) is 117 Å². The highest BCUT2D eigenvalue weighted by Gasteiger charge is 2.35. The van der Waals surface area contributed by atoms with Crippen LogP contribution in [0.1, 0.15) is 30.3 Å². The van der Waals surface area contributed by atoms with E-state index in [0.29, 0.717) is 22.8 Å². The number of nitrogens with one attached hydrogen (secondary N) is 1. The minimum Gasteiger partial charge on any atom is -0.318 e. The number of nitro groups is 1. The number of benzene rings is 1. The molecule has 158 valence electrons. The lowest BCUT2D eigenvalue weighted by atomic mass is 10.1. The molecule has 2 aromatic rings. The number of aliphatic imine (C=N–C) groups is 1. The van der Waals surface area contributed by atoms with Crippen LogP contribution in [0.25, 0.3) is 11.8 Å². The van der Waals surface area contributed by atoms with Crippen molar-refractivity contribution in [1.82, 2.24) is 9.58 Å². The van der Waals surface area contributed by atoms with E-state index >= 15 is 0 Å². The van der Waals surface area contributed by atoms with Crippen LogP contribution in [-0.4, -0.2) is 36.5 Å². The van der Waals surface area contributed by atoms with Gasteiger partial charge in [0.2, 0.25) is 5.17 Å². The summed E-state index contributed by atoms with van der Waals surface area (Å²) >= 11 is 7.23. The summed E-state index contributed by atoms with van der Waals surface area (Å²) < 4.78 is 1.83. The number of carbonyl (C=O) groups is 1. The zero-order chi connectivity index (χ0) is 22.4. The number of carbonyl (C=O) groups excluding carboxylic acids is 1. The fraction of sp³-hybridized carbons (Fsp3) is 0.200. The average Bonchev–Trinajstić information content (AvgIpc) is 3.26. The number of amides is 1. The summed E-state index contributed by atoms with van der Waals surface area (Å²) in [6.45, 7) is 5.64. The minimum absolute atomic E-state index is 0.0297. The van der Waals surface area contributed by atoms with Crippen LogP contribution in [-0.2, 0) is 4.79 Å². The largest absolute Gasteiger partial charge is 0.318 e. The lowest BCUT2D eigenvalue weighted by Crippen LogP contribution is -2.35. The first-order valence-corrected chi connectivity index (χ1v) is 10.5. The molecule has 0 saturated heterocycles. The van der Waals surface area contributed by atoms with E-state index in [1.165, 1.54) is 28.9 Å². The molecule has 1 aromatic heterocycles. The molecule has 1 N–H and O–H groups in total. The molecule has 0 aliphatic carbocycles. The van der Waals surface area contributed by atoms with Crippen LogP contribution in [0.2, 0.25) is 5.02 Å². The number of amidine groups is 2. The van der Waals surface area contributed by atoms with E-state index in [9.17, 15) is 14.9 Å². The number of aromatic nitrogens is 1. The van der Waals surface area contributed by atoms with Crippen molar-refractivity contribution in [2.45, 2.75) is 27.2 Å². The van der Waals surface area contributed by atoms with E-state index < -0.39 is 10.8 Å². The molecule has 11 heteroatoms. The smallest absolute Gasteiger partial charge is 0.289 e. The summed E-state index contributed by atoms with van der Waals surface area (Å²) in [6, 6.07) is 6.43. The third kappa shape index (κ3) is 3.57. The van der Waals surface area contributed by atoms with Crippen LogP contribution in [0.4, 0.5) is 5.69 Å². The third-order valence-electron chi connectivity index (χ3n) is 4.95. The number of hydrogen-bond acceptors (Lipinski definition) is 6. The number of nitrogens with zero attached hydrogens (tertiary/aromatic N) is 5. The van der Waals surface area contributed by atoms with Gasteiger partial charge in [-0.1, -0.05) is 18.5 Å². The van der Waals surface area contributed by atoms with Gasteiger partial charge in [0.1, 0.15) is 10.1 Å². The Balaban J connectivity index is 1.77. The molecular formula is C20H17ClN6O3S. The summed E-state index contributed by atoms with van der Waals surface area (Å²) in [5.41, 5.74) is 2.79. The molecule has 4 rings (SSSR count). The van der Waals surface area contributed by atoms with Gasteiger partial charge in [-0.15, -0.1) is 0 Å². The molecule has 3 heterocycles. The van der Waals surface area contributed by atoms with Gasteiger partial charge < -0.3 is 4.57 Å². The predicted molar refractivity (Wildman–Crippen MR) is 122 cm³/mol. The third-order valence-corrected chi connectivity index (χ3v) is 6.33. The molecule has 0 bridgehead atoms. The molecule has 9 nitrogen and oxygen atoms in total. The second-order valence-corrected chi connectivity index (χ2v) is 8.37. The van der Waals surface area contributed by atoms with Crippen LogP contribution < -0.4 is 0 Å². The second-order valence-electron chi connectivity index (χ2n) is 6.92. The zero-order valence-corrected chi connectivity index (χ0v) is 18.4. The maximum absolute atomic E-state index is 12.6. The van der Waals surface area contributed by atoms with Gasteiger partial charge in [-0.05, 0) is 61.9 Å². The van der Waals surface area contributed by atoms with Crippen LogP contribution in [0.15, 0.2) is 39.9 Å². The molecule has 0 radical (unpaired) electrons. The van der Waals surface area contributed by atoms with Crippen molar-refractivity contribution in [3.05, 3.63) is 61.9 Å². The Bertz CT molecular complexity index is 1260. The highest BCUT2D eigenvalue weighted by Crippen LogP contribution is 2.32. The number of rotatable bonds is 4. The number of hydrogen-bond donors (Lipinski definition) is 1. The minimum atomic E-state index is -0.528. The van der Waals surface area contributed by atoms with Crippen molar-refractivity contribution >= 4 is 57.1 Å². The van der Waals surface area contributed by atoms with Crippen molar-refractivity contribution in [1.29, 1.82) is 5.41 Å². The Morgan fingerprint density at radius 3 is 2.74 bits per heavy atom. The Morgan fingerprint density at radius 1 is 1.32 bits per heavy atom. The van der Waals surface area contributed by atoms with E-state index in [1.807, 2.05) is 31.4 Å². The van der Waals surface area contributed by atoms with Crippen LogP contribution in [0.3, 0.4) is 0 Å². The fourth-order valence-electron chi connectivity index (χ4n) is 3.44. The molecule has 0 atom stereocenters. The second kappa shape index (κ2) is 7.78. The number of nitro benzene ring substituents is 1. The van der Waals surface area contributed by atoms with Crippen LogP contribution in [0.5, 0.6) is 0 Å². The first-order valence-electron chi connectivity index (χ1n) is 9.33. The number of aryl methyl sites for hydroxylation is 1. The molecule has 1 aromatic carbocycles. The molecule has 0 unspecified atom stereocenters. The van der Waals surface area contributed by atoms with E-state index in [4.69, 9.17) is 17.0 Å². The molecule has 0 saturated carbocycles. The van der Waals surface area contributed by atoms with Crippen molar-refractivity contribution in [2.75, 3.05) is 0 Å². The summed E-state index contributed by atoms with van der Waals surface area (Å²) in [5.74, 6) is -0.527. The Labute approximate surface area is 186 Å². The number of halogens is 1. The molecule has 2 aliphatic rings. The fourth-order valence-corrected chi connectivity index (χ4v) is 4.45. The van der Waals surface area contributed by atoms with Crippen LogP contribution >= 0.6 is 23.4 Å². The lowest BCUT2D eigenvalue weighted by molar-refractivity contribution is -0.384. The van der Waals surface area contributed by atoms with Crippen molar-refractivity contribution < 1.29 is 9.72 Å². The molecule has 31 heavy (non-hydrogen) atoms. The predicted octanol–water partition coefficient (Wildman–Crippen LogP) is 4.68. The molecular weight excluding hydrogens is 440 g/mol.